The summed E-state index contributed by atoms with van der Waals surface area (Å²) < 4.78 is 50.3. The molecule has 1 aliphatic heterocycles. The Labute approximate surface area is 314 Å². The van der Waals surface area contributed by atoms with Gasteiger partial charge < -0.3 is 19.7 Å². The number of hydrogen-bond acceptors (Lipinski definition) is 10. The summed E-state index contributed by atoms with van der Waals surface area (Å²) >= 11 is 3.44. The minimum absolute atomic E-state index is 0.378. The van der Waals surface area contributed by atoms with Gasteiger partial charge in [-0.2, -0.15) is 11.8 Å². The number of aryl methyl sites for hydroxylation is 1. The average Bonchev–Trinajstić information content (AvgIpc) is 3.54. The van der Waals surface area contributed by atoms with Crippen molar-refractivity contribution >= 4 is 57.1 Å². The summed E-state index contributed by atoms with van der Waals surface area (Å²) in [5, 5.41) is 4.34. The number of methoxy groups -OCH3 is 1. The highest BCUT2D eigenvalue weighted by Gasteiger charge is 2.22. The van der Waals surface area contributed by atoms with Gasteiger partial charge in [0.1, 0.15) is 22.3 Å². The summed E-state index contributed by atoms with van der Waals surface area (Å²) in [7, 11) is -0.493. The van der Waals surface area contributed by atoms with Gasteiger partial charge in [0.15, 0.2) is 11.0 Å². The number of nitrogens with one attached hydrogen (secondary N) is 2. The predicted molar refractivity (Wildman–Crippen MR) is 212 cm³/mol. The van der Waals surface area contributed by atoms with Crippen LogP contribution in [0.25, 0.3) is 21.8 Å². The number of hydrogen-bond donors (Lipinski definition) is 2. The Morgan fingerprint density at radius 2 is 1.77 bits per heavy atom. The molecule has 3 aromatic carbocycles. The Morgan fingerprint density at radius 3 is 2.48 bits per heavy atom. The second-order valence-electron chi connectivity index (χ2n) is 12.9. The molecule has 52 heavy (non-hydrogen) atoms. The number of thioether (sulfide) groups is 1. The molecule has 2 N–H and O–H groups in total. The number of rotatable bonds is 14. The Hall–Kier alpha value is -4.11. The van der Waals surface area contributed by atoms with E-state index in [1.165, 1.54) is 6.07 Å². The highest BCUT2D eigenvalue weighted by Crippen LogP contribution is 2.39. The number of thiazole rings is 1. The standard InChI is InChI=1S/C38H43F2N7O2S3/c1-24(2)20-34-44-35(26-8-6-9-27(22-26)45-52(48)37-28(39)10-7-11-29(37)40)36(51-34)30-12-13-41-38(42-30)43-31-21-25(3)32(23-33(31)49-4)47-16-14-46(15-17-47)18-19-50-5/h6-13,21-24,45H,14-20H2,1-5H3,(H,41,42,43). The summed E-state index contributed by atoms with van der Waals surface area (Å²) in [5.41, 5.74) is 5.60. The number of piperazine rings is 1. The van der Waals surface area contributed by atoms with Crippen molar-refractivity contribution in [3.05, 3.63) is 89.1 Å². The van der Waals surface area contributed by atoms with Crippen LogP contribution in [0, 0.1) is 24.5 Å². The quantitative estimate of drug-likeness (QED) is 0.116. The van der Waals surface area contributed by atoms with Crippen molar-refractivity contribution in [2.24, 2.45) is 5.92 Å². The van der Waals surface area contributed by atoms with Crippen molar-refractivity contribution in [3.63, 3.8) is 0 Å². The van der Waals surface area contributed by atoms with Crippen molar-refractivity contribution < 1.29 is 17.7 Å². The van der Waals surface area contributed by atoms with Gasteiger partial charge in [-0.15, -0.1) is 11.3 Å². The second-order valence-corrected chi connectivity index (χ2v) is 16.2. The van der Waals surface area contributed by atoms with Crippen LogP contribution in [0.5, 0.6) is 5.75 Å². The molecule has 9 nitrogen and oxygen atoms in total. The van der Waals surface area contributed by atoms with Crippen molar-refractivity contribution in [2.75, 3.05) is 66.8 Å². The molecule has 1 aliphatic rings. The zero-order valence-corrected chi connectivity index (χ0v) is 32.4. The zero-order valence-electron chi connectivity index (χ0n) is 29.9. The van der Waals surface area contributed by atoms with Crippen LogP contribution in [-0.2, 0) is 17.4 Å². The smallest absolute Gasteiger partial charge is 0.227 e. The molecule has 2 aromatic heterocycles. The number of ether oxygens (including phenoxy) is 1. The zero-order chi connectivity index (χ0) is 36.8. The number of nitrogens with zero attached hydrogens (tertiary/aromatic N) is 5. The van der Waals surface area contributed by atoms with Gasteiger partial charge in [-0.05, 0) is 61.1 Å². The lowest BCUT2D eigenvalue weighted by Gasteiger charge is -2.37. The Balaban J connectivity index is 1.26. The third-order valence-corrected chi connectivity index (χ3v) is 11.6. The lowest BCUT2D eigenvalue weighted by molar-refractivity contribution is 0.273. The third kappa shape index (κ3) is 8.91. The first kappa shape index (κ1) is 37.6. The summed E-state index contributed by atoms with van der Waals surface area (Å²) in [6, 6.07) is 16.6. The second kappa shape index (κ2) is 17.1. The molecule has 0 radical (unpaired) electrons. The normalized spacial score (nSPS) is 14.1. The van der Waals surface area contributed by atoms with E-state index in [0.29, 0.717) is 34.7 Å². The van der Waals surface area contributed by atoms with Crippen LogP contribution < -0.4 is 19.7 Å². The topological polar surface area (TPSA) is 95.5 Å². The van der Waals surface area contributed by atoms with Crippen molar-refractivity contribution in [1.82, 2.24) is 19.9 Å². The highest BCUT2D eigenvalue weighted by molar-refractivity contribution is 7.98. The van der Waals surface area contributed by atoms with Crippen LogP contribution in [0.2, 0.25) is 0 Å². The van der Waals surface area contributed by atoms with E-state index in [-0.39, 0.29) is 0 Å². The molecule has 1 saturated heterocycles. The number of anilines is 4. The maximum absolute atomic E-state index is 14.4. The molecule has 1 fully saturated rings. The van der Waals surface area contributed by atoms with Crippen LogP contribution in [-0.4, -0.2) is 75.9 Å². The fourth-order valence-electron chi connectivity index (χ4n) is 6.10. The molecule has 0 aliphatic carbocycles. The molecule has 3 heterocycles. The maximum Gasteiger partial charge on any atom is 0.227 e. The molecule has 1 atom stereocenters. The Morgan fingerprint density at radius 1 is 1.02 bits per heavy atom. The lowest BCUT2D eigenvalue weighted by Crippen LogP contribution is -2.47. The molecular weight excluding hydrogens is 721 g/mol. The Bertz CT molecular complexity index is 2020. The minimum Gasteiger partial charge on any atom is -0.494 e. The van der Waals surface area contributed by atoms with Crippen LogP contribution in [0.1, 0.15) is 24.4 Å². The van der Waals surface area contributed by atoms with E-state index in [2.05, 4.69) is 64.0 Å². The van der Waals surface area contributed by atoms with Gasteiger partial charge >= 0.3 is 0 Å². The minimum atomic E-state index is -2.16. The van der Waals surface area contributed by atoms with Crippen LogP contribution in [0.3, 0.4) is 0 Å². The summed E-state index contributed by atoms with van der Waals surface area (Å²) in [6.45, 7) is 11.5. The lowest BCUT2D eigenvalue weighted by atomic mass is 10.1. The molecule has 0 bridgehead atoms. The monoisotopic (exact) mass is 763 g/mol. The van der Waals surface area contributed by atoms with E-state index in [9.17, 15) is 13.0 Å². The SMILES string of the molecule is COc1cc(N2CCN(CCSC)CC2)c(C)cc1Nc1nccc(-c2sc(CC(C)C)nc2-c2cccc(NS(=O)c3c(F)cccc3F)c2)n1. The first-order valence-electron chi connectivity index (χ1n) is 17.1. The van der Waals surface area contributed by atoms with E-state index in [4.69, 9.17) is 14.7 Å². The molecular formula is C38H43F2N7O2S3. The molecule has 274 valence electrons. The Kier molecular flexibility index (Phi) is 12.4. The fourth-order valence-corrected chi connectivity index (χ4v) is 8.74. The van der Waals surface area contributed by atoms with Crippen molar-refractivity contribution in [1.29, 1.82) is 0 Å². The molecule has 6 rings (SSSR count). The largest absolute Gasteiger partial charge is 0.494 e. The van der Waals surface area contributed by atoms with E-state index in [0.717, 1.165) is 89.4 Å². The molecule has 1 unspecified atom stereocenters. The van der Waals surface area contributed by atoms with Gasteiger partial charge in [-0.3, -0.25) is 4.90 Å². The van der Waals surface area contributed by atoms with Crippen LogP contribution in [0.15, 0.2) is 71.8 Å². The number of benzene rings is 3. The summed E-state index contributed by atoms with van der Waals surface area (Å²) in [6.07, 6.45) is 4.64. The molecule has 5 aromatic rings. The van der Waals surface area contributed by atoms with Gasteiger partial charge in [0.2, 0.25) is 5.95 Å². The van der Waals surface area contributed by atoms with E-state index < -0.39 is 27.5 Å². The van der Waals surface area contributed by atoms with Gasteiger partial charge in [0.05, 0.1) is 34.1 Å². The summed E-state index contributed by atoms with van der Waals surface area (Å²) in [5.74, 6) is 0.879. The van der Waals surface area contributed by atoms with Crippen molar-refractivity contribution in [3.8, 4) is 27.6 Å². The first-order valence-corrected chi connectivity index (χ1v) is 20.5. The maximum atomic E-state index is 14.4. The van der Waals surface area contributed by atoms with Gasteiger partial charge in [0, 0.05) is 74.1 Å². The third-order valence-electron chi connectivity index (χ3n) is 8.68. The van der Waals surface area contributed by atoms with Crippen LogP contribution >= 0.6 is 23.1 Å². The fraction of sp³-hybridized carbons (Fsp3) is 0.342. The van der Waals surface area contributed by atoms with Crippen LogP contribution in [0.4, 0.5) is 31.8 Å². The number of aromatic nitrogens is 3. The van der Waals surface area contributed by atoms with E-state index in [1.54, 1.807) is 42.8 Å². The van der Waals surface area contributed by atoms with E-state index >= 15 is 0 Å². The molecule has 0 saturated carbocycles. The predicted octanol–water partition coefficient (Wildman–Crippen LogP) is 8.42. The van der Waals surface area contributed by atoms with E-state index in [1.807, 2.05) is 23.9 Å². The molecule has 0 spiro atoms. The average molecular weight is 764 g/mol. The first-order chi connectivity index (χ1) is 25.1. The molecule has 14 heteroatoms. The number of halogens is 2. The van der Waals surface area contributed by atoms with Gasteiger partial charge in [-0.1, -0.05) is 32.0 Å². The van der Waals surface area contributed by atoms with Gasteiger partial charge in [0.25, 0.3) is 0 Å². The van der Waals surface area contributed by atoms with Gasteiger partial charge in [-0.25, -0.2) is 27.9 Å². The van der Waals surface area contributed by atoms with Crippen molar-refractivity contribution in [2.45, 2.75) is 32.1 Å². The summed E-state index contributed by atoms with van der Waals surface area (Å²) in [4.78, 5) is 19.7. The molecule has 0 amide bonds. The highest BCUT2D eigenvalue weighted by atomic mass is 32.2.